The molecule has 0 rings (SSSR count). The predicted octanol–water partition coefficient (Wildman–Crippen LogP) is -5.38. The van der Waals surface area contributed by atoms with Gasteiger partial charge in [-0.25, -0.2) is 0 Å². The molecule has 0 aromatic carbocycles. The Bertz CT molecular complexity index is 11.6. The molecule has 0 atom stereocenters. The van der Waals surface area contributed by atoms with Crippen molar-refractivity contribution in [1.29, 1.82) is 0 Å². The van der Waals surface area contributed by atoms with Crippen molar-refractivity contribution in [2.75, 3.05) is 0 Å². The van der Waals surface area contributed by atoms with Crippen LogP contribution in [0.5, 0.6) is 0 Å². The van der Waals surface area contributed by atoms with Crippen molar-refractivity contribution in [2.45, 2.75) is 0 Å². The van der Waals surface area contributed by atoms with E-state index in [1.807, 2.05) is 0 Å². The third-order valence-electron chi connectivity index (χ3n) is 0. The van der Waals surface area contributed by atoms with E-state index in [0.29, 0.717) is 0 Å². The summed E-state index contributed by atoms with van der Waals surface area (Å²) in [5.41, 5.74) is 0. The van der Waals surface area contributed by atoms with Crippen LogP contribution in [0.2, 0.25) is 0 Å². The van der Waals surface area contributed by atoms with Crippen LogP contribution in [0.4, 0.5) is 0 Å². The van der Waals surface area contributed by atoms with Gasteiger partial charge < -0.3 is 0 Å². The van der Waals surface area contributed by atoms with Crippen LogP contribution in [0.1, 0.15) is 0 Å². The van der Waals surface area contributed by atoms with Crippen LogP contribution in [-0.4, -0.2) is 123 Å². The van der Waals surface area contributed by atoms with E-state index in [1.54, 1.807) is 0 Å². The van der Waals surface area contributed by atoms with Crippen LogP contribution in [0.15, 0.2) is 0 Å². The molecule has 4 radical (unpaired) electrons. The third-order valence-corrected chi connectivity index (χ3v) is 0. The van der Waals surface area contributed by atoms with Crippen molar-refractivity contribution >= 4 is 123 Å². The summed E-state index contributed by atoms with van der Waals surface area (Å²) in [5, 5.41) is 0. The maximum absolute atomic E-state index is 0. The Hall–Kier alpha value is 4.11. The van der Waals surface area contributed by atoms with Crippen LogP contribution >= 0.6 is 0 Å². The van der Waals surface area contributed by atoms with Gasteiger partial charge in [0.1, 0.15) is 0 Å². The van der Waals surface area contributed by atoms with Crippen LogP contribution in [0, 0.1) is 0 Å². The minimum atomic E-state index is 0. The normalized spacial score (nSPS) is 0. The first kappa shape index (κ1) is 35.5. The van der Waals surface area contributed by atoms with Crippen LogP contribution in [0.25, 0.3) is 0 Å². The monoisotopic (exact) mass is 734 g/mol. The average molecular weight is 733 g/mol. The third kappa shape index (κ3) is 17.9. The standard InChI is InChI=1S/Bi.Ga.In.Pb.Sn.13H. The van der Waals surface area contributed by atoms with Crippen molar-refractivity contribution < 1.29 is 0 Å². The number of rotatable bonds is 0. The molecule has 5 heavy (non-hydrogen) atoms. The Morgan fingerprint density at radius 2 is 1.00 bits per heavy atom. The van der Waals surface area contributed by atoms with Crippen molar-refractivity contribution in [3.05, 3.63) is 0 Å². The summed E-state index contributed by atoms with van der Waals surface area (Å²) < 4.78 is 0. The van der Waals surface area contributed by atoms with Crippen LogP contribution in [-0.2, 0) is 0 Å². The van der Waals surface area contributed by atoms with Crippen molar-refractivity contribution in [3.63, 3.8) is 0 Å². The molecular weight excluding hydrogens is 719 g/mol. The van der Waals surface area contributed by atoms with E-state index >= 15 is 0 Å². The van der Waals surface area contributed by atoms with Crippen LogP contribution < -0.4 is 0 Å². The second kappa shape index (κ2) is 24.3. The Balaban J connectivity index is 0. The summed E-state index contributed by atoms with van der Waals surface area (Å²) in [6.07, 6.45) is 0. The molecule has 0 heterocycles. The zero-order chi connectivity index (χ0) is 0. The molecular formula is H13BiGaInPbSn. The molecule has 0 nitrogen and oxygen atoms in total. The van der Waals surface area contributed by atoms with Gasteiger partial charge >= 0.3 is 123 Å². The topological polar surface area (TPSA) is 0 Å². The molecule has 0 aliphatic carbocycles. The summed E-state index contributed by atoms with van der Waals surface area (Å²) in [4.78, 5) is 0. The molecule has 0 saturated heterocycles. The van der Waals surface area contributed by atoms with Gasteiger partial charge in [0.15, 0.2) is 0 Å². The fourth-order valence-corrected chi connectivity index (χ4v) is 0. The van der Waals surface area contributed by atoms with Crippen LogP contribution in [0.3, 0.4) is 0 Å². The number of hydrogen-bond acceptors (Lipinski definition) is 0. The van der Waals surface area contributed by atoms with Gasteiger partial charge in [-0.05, 0) is 0 Å². The fourth-order valence-electron chi connectivity index (χ4n) is 0. The maximum atomic E-state index is 0. The van der Waals surface area contributed by atoms with Gasteiger partial charge in [-0.2, -0.15) is 0 Å². The molecule has 0 N–H and O–H groups in total. The zero-order valence-corrected chi connectivity index (χ0v) is 17.2. The first-order valence-electron chi connectivity index (χ1n) is 0. The molecule has 0 saturated carbocycles. The molecule has 0 unspecified atom stereocenters. The Kier molecular flexibility index (Phi) is 172. The molecule has 0 aromatic rings. The van der Waals surface area contributed by atoms with E-state index in [0.717, 1.165) is 0 Å². The average Bonchev–Trinajstić information content (AvgIpc) is 0. The molecule has 5 heteroatoms. The molecule has 0 bridgehead atoms. The van der Waals surface area contributed by atoms with Gasteiger partial charge in [-0.15, -0.1) is 0 Å². The summed E-state index contributed by atoms with van der Waals surface area (Å²) in [5.74, 6) is 0. The second-order valence-electron chi connectivity index (χ2n) is 0. The molecule has 0 amide bonds. The van der Waals surface area contributed by atoms with E-state index in [1.165, 1.54) is 0 Å². The second-order valence-corrected chi connectivity index (χ2v) is 0. The van der Waals surface area contributed by atoms with E-state index in [9.17, 15) is 0 Å². The quantitative estimate of drug-likeness (QED) is 0.219. The zero-order valence-electron chi connectivity index (χ0n) is 2.12. The molecule has 0 aliphatic rings. The summed E-state index contributed by atoms with van der Waals surface area (Å²) >= 11 is 0. The van der Waals surface area contributed by atoms with Crippen molar-refractivity contribution in [1.82, 2.24) is 0 Å². The van der Waals surface area contributed by atoms with E-state index in [-0.39, 0.29) is 123 Å². The first-order chi connectivity index (χ1) is 0. The van der Waals surface area contributed by atoms with Gasteiger partial charge in [0.25, 0.3) is 0 Å². The molecule has 0 spiro atoms. The van der Waals surface area contributed by atoms with E-state index in [2.05, 4.69) is 0 Å². The number of hydrogen-bond donors (Lipinski definition) is 0. The van der Waals surface area contributed by atoms with Gasteiger partial charge in [-0.3, -0.25) is 0 Å². The molecule has 32 valence electrons. The summed E-state index contributed by atoms with van der Waals surface area (Å²) in [7, 11) is 0. The Morgan fingerprint density at radius 1 is 1.00 bits per heavy atom. The van der Waals surface area contributed by atoms with Gasteiger partial charge in [-0.1, -0.05) is 0 Å². The van der Waals surface area contributed by atoms with Crippen molar-refractivity contribution in [2.24, 2.45) is 0 Å². The Labute approximate surface area is 120 Å². The molecule has 0 aromatic heterocycles. The van der Waals surface area contributed by atoms with Gasteiger partial charge in [0.05, 0.1) is 0 Å². The minimum absolute atomic E-state index is 0. The van der Waals surface area contributed by atoms with Gasteiger partial charge in [0.2, 0.25) is 0 Å². The van der Waals surface area contributed by atoms with Crippen molar-refractivity contribution in [3.8, 4) is 0 Å². The Morgan fingerprint density at radius 3 is 1.00 bits per heavy atom. The molecule has 0 aliphatic heterocycles. The van der Waals surface area contributed by atoms with Gasteiger partial charge in [0, 0.05) is 0 Å². The molecule has 0 fully saturated rings. The summed E-state index contributed by atoms with van der Waals surface area (Å²) in [6.45, 7) is 0. The van der Waals surface area contributed by atoms with E-state index < -0.39 is 0 Å². The first-order valence-corrected chi connectivity index (χ1v) is 0. The SMILES string of the molecule is [BiH3].[GaH3].[InH3].[PbH2].[SnH2]. The fraction of sp³-hybridized carbons (Fsp3) is 0. The summed E-state index contributed by atoms with van der Waals surface area (Å²) in [6, 6.07) is 0. The van der Waals surface area contributed by atoms with E-state index in [4.69, 9.17) is 0 Å². The predicted molar refractivity (Wildman–Crippen MR) is 46.9 cm³/mol.